The highest BCUT2D eigenvalue weighted by Crippen LogP contribution is 2.21. The van der Waals surface area contributed by atoms with Crippen LogP contribution in [0.3, 0.4) is 0 Å². The highest BCUT2D eigenvalue weighted by molar-refractivity contribution is 7.13. The van der Waals surface area contributed by atoms with Gasteiger partial charge in [-0.1, -0.05) is 0 Å². The molecule has 0 atom stereocenters. The van der Waals surface area contributed by atoms with Crippen molar-refractivity contribution in [3.8, 4) is 0 Å². The predicted octanol–water partition coefficient (Wildman–Crippen LogP) is 2.02. The molecule has 0 unspecified atom stereocenters. The first-order valence-electron chi connectivity index (χ1n) is 9.33. The lowest BCUT2D eigenvalue weighted by atomic mass is 9.96. The summed E-state index contributed by atoms with van der Waals surface area (Å²) in [6.07, 6.45) is 7.19. The molecule has 4 heterocycles. The minimum absolute atomic E-state index is 0.0406. The molecule has 138 valence electrons. The first-order chi connectivity index (χ1) is 12.7. The quantitative estimate of drug-likeness (QED) is 0.841. The minimum atomic E-state index is -0.0406. The summed E-state index contributed by atoms with van der Waals surface area (Å²) in [5, 5.41) is 7.47. The number of aromatic nitrogens is 2. The molecule has 0 spiro atoms. The number of likely N-dealkylation sites (tertiary alicyclic amines) is 1. The van der Waals surface area contributed by atoms with Crippen molar-refractivity contribution in [3.63, 3.8) is 0 Å². The fourth-order valence-electron chi connectivity index (χ4n) is 3.75. The number of thiazole rings is 1. The van der Waals surface area contributed by atoms with Gasteiger partial charge in [0.2, 0.25) is 0 Å². The van der Waals surface area contributed by atoms with Crippen LogP contribution in [0.1, 0.15) is 49.9 Å². The molecule has 7 heteroatoms. The van der Waals surface area contributed by atoms with E-state index in [-0.39, 0.29) is 5.91 Å². The number of nitrogens with one attached hydrogen (secondary N) is 2. The number of nitrogens with zero attached hydrogens (tertiary/aromatic N) is 3. The van der Waals surface area contributed by atoms with Crippen LogP contribution >= 0.6 is 11.3 Å². The molecule has 2 aliphatic heterocycles. The molecular formula is C19H25N5OS. The number of amides is 1. The zero-order chi connectivity index (χ0) is 17.9. The second kappa shape index (κ2) is 7.82. The Balaban J connectivity index is 1.40. The fourth-order valence-corrected chi connectivity index (χ4v) is 4.63. The normalized spacial score (nSPS) is 17.3. The molecule has 0 aromatic carbocycles. The monoisotopic (exact) mass is 371 g/mol. The Morgan fingerprint density at radius 1 is 1.31 bits per heavy atom. The average Bonchev–Trinajstić information content (AvgIpc) is 3.33. The van der Waals surface area contributed by atoms with Gasteiger partial charge in [0.15, 0.2) is 0 Å². The third-order valence-corrected chi connectivity index (χ3v) is 6.21. The number of hydrogen-bond acceptors (Lipinski definition) is 6. The van der Waals surface area contributed by atoms with Gasteiger partial charge in [-0.05, 0) is 62.5 Å². The Bertz CT molecular complexity index is 797. The lowest BCUT2D eigenvalue weighted by molar-refractivity contribution is 0.0954. The molecule has 2 aromatic heterocycles. The van der Waals surface area contributed by atoms with E-state index in [9.17, 15) is 4.79 Å². The average molecular weight is 372 g/mol. The molecule has 6 nitrogen and oxygen atoms in total. The maximum absolute atomic E-state index is 12.6. The van der Waals surface area contributed by atoms with E-state index in [0.717, 1.165) is 49.8 Å². The number of pyridine rings is 1. The summed E-state index contributed by atoms with van der Waals surface area (Å²) in [5.74, 6) is -0.0406. The lowest BCUT2D eigenvalue weighted by Gasteiger charge is -2.21. The van der Waals surface area contributed by atoms with E-state index in [0.29, 0.717) is 11.4 Å². The summed E-state index contributed by atoms with van der Waals surface area (Å²) in [6, 6.07) is 0. The van der Waals surface area contributed by atoms with Gasteiger partial charge in [0.1, 0.15) is 9.88 Å². The van der Waals surface area contributed by atoms with Gasteiger partial charge >= 0.3 is 0 Å². The summed E-state index contributed by atoms with van der Waals surface area (Å²) in [4.78, 5) is 24.6. The molecule has 1 saturated heterocycles. The zero-order valence-electron chi connectivity index (χ0n) is 15.2. The van der Waals surface area contributed by atoms with E-state index >= 15 is 0 Å². The van der Waals surface area contributed by atoms with Gasteiger partial charge in [-0.2, -0.15) is 0 Å². The summed E-state index contributed by atoms with van der Waals surface area (Å²) in [6.45, 7) is 7.53. The van der Waals surface area contributed by atoms with E-state index in [1.54, 1.807) is 6.20 Å². The van der Waals surface area contributed by atoms with Crippen LogP contribution in [0.2, 0.25) is 0 Å². The first-order valence-corrected chi connectivity index (χ1v) is 10.1. The minimum Gasteiger partial charge on any atom is -0.347 e. The van der Waals surface area contributed by atoms with Crippen molar-refractivity contribution in [1.82, 2.24) is 25.5 Å². The van der Waals surface area contributed by atoms with Gasteiger partial charge in [-0.3, -0.25) is 14.7 Å². The second-order valence-electron chi connectivity index (χ2n) is 7.04. The maximum atomic E-state index is 12.6. The molecule has 1 amide bonds. The molecular weight excluding hydrogens is 346 g/mol. The topological polar surface area (TPSA) is 70.2 Å². The van der Waals surface area contributed by atoms with E-state index in [4.69, 9.17) is 0 Å². The van der Waals surface area contributed by atoms with Crippen LogP contribution < -0.4 is 10.6 Å². The predicted molar refractivity (Wildman–Crippen MR) is 102 cm³/mol. The van der Waals surface area contributed by atoms with Gasteiger partial charge < -0.3 is 10.6 Å². The molecule has 2 aliphatic rings. The molecule has 26 heavy (non-hydrogen) atoms. The van der Waals surface area contributed by atoms with Crippen LogP contribution in [0.15, 0.2) is 12.4 Å². The van der Waals surface area contributed by atoms with Crippen molar-refractivity contribution >= 4 is 17.2 Å². The highest BCUT2D eigenvalue weighted by Gasteiger charge is 2.18. The Morgan fingerprint density at radius 3 is 3.00 bits per heavy atom. The van der Waals surface area contributed by atoms with Crippen molar-refractivity contribution in [2.75, 3.05) is 19.6 Å². The second-order valence-corrected chi connectivity index (χ2v) is 8.15. The Hall–Kier alpha value is -1.83. The largest absolute Gasteiger partial charge is 0.347 e. The van der Waals surface area contributed by atoms with E-state index in [1.807, 2.05) is 13.1 Å². The van der Waals surface area contributed by atoms with Gasteiger partial charge in [0.05, 0.1) is 12.7 Å². The molecule has 0 radical (unpaired) electrons. The fraction of sp³-hybridized carbons (Fsp3) is 0.526. The van der Waals surface area contributed by atoms with Crippen molar-refractivity contribution in [2.24, 2.45) is 0 Å². The molecule has 4 rings (SSSR count). The van der Waals surface area contributed by atoms with E-state index in [2.05, 4.69) is 25.5 Å². The molecule has 1 fully saturated rings. The Labute approximate surface area is 158 Å². The maximum Gasteiger partial charge on any atom is 0.263 e. The lowest BCUT2D eigenvalue weighted by Crippen LogP contribution is -2.28. The summed E-state index contributed by atoms with van der Waals surface area (Å²) >= 11 is 1.51. The van der Waals surface area contributed by atoms with Crippen molar-refractivity contribution in [3.05, 3.63) is 44.7 Å². The van der Waals surface area contributed by atoms with Crippen LogP contribution in [-0.4, -0.2) is 40.4 Å². The molecule has 0 bridgehead atoms. The van der Waals surface area contributed by atoms with Crippen LogP contribution in [0.5, 0.6) is 0 Å². The van der Waals surface area contributed by atoms with Gasteiger partial charge in [-0.15, -0.1) is 11.3 Å². The number of aryl methyl sites for hydroxylation is 1. The van der Waals surface area contributed by atoms with Crippen molar-refractivity contribution in [2.45, 2.75) is 45.8 Å². The molecule has 2 aromatic rings. The van der Waals surface area contributed by atoms with Gasteiger partial charge in [-0.25, -0.2) is 4.98 Å². The summed E-state index contributed by atoms with van der Waals surface area (Å²) in [7, 11) is 0. The Kier molecular flexibility index (Phi) is 5.28. The van der Waals surface area contributed by atoms with Crippen LogP contribution in [-0.2, 0) is 26.1 Å². The smallest absolute Gasteiger partial charge is 0.263 e. The number of fused-ring (bicyclic) bond motifs is 1. The molecule has 0 aliphatic carbocycles. The van der Waals surface area contributed by atoms with Crippen LogP contribution in [0.4, 0.5) is 0 Å². The zero-order valence-corrected chi connectivity index (χ0v) is 16.0. The summed E-state index contributed by atoms with van der Waals surface area (Å²) in [5.41, 5.74) is 4.76. The van der Waals surface area contributed by atoms with E-state index in [1.165, 1.54) is 40.9 Å². The standard InChI is InChI=1S/C19H25N5OS/c1-13-16(15-4-5-20-8-14(15)9-21-13)10-23-19(25)17-11-22-18(26-17)12-24-6-2-3-7-24/h9,11,20H,2-8,10,12H2,1H3,(H,23,25). The number of carbonyl (C=O) groups excluding carboxylic acids is 1. The highest BCUT2D eigenvalue weighted by atomic mass is 32.1. The van der Waals surface area contributed by atoms with Crippen molar-refractivity contribution in [1.29, 1.82) is 0 Å². The number of hydrogen-bond donors (Lipinski definition) is 2. The molecule has 2 N–H and O–H groups in total. The third kappa shape index (κ3) is 3.79. The molecule has 0 saturated carbocycles. The summed E-state index contributed by atoms with van der Waals surface area (Å²) < 4.78 is 0. The van der Waals surface area contributed by atoms with E-state index < -0.39 is 0 Å². The van der Waals surface area contributed by atoms with Gasteiger partial charge in [0.25, 0.3) is 5.91 Å². The number of carbonyl (C=O) groups is 1. The van der Waals surface area contributed by atoms with Crippen LogP contribution in [0, 0.1) is 6.92 Å². The Morgan fingerprint density at radius 2 is 2.15 bits per heavy atom. The first kappa shape index (κ1) is 17.6. The third-order valence-electron chi connectivity index (χ3n) is 5.23. The van der Waals surface area contributed by atoms with Gasteiger partial charge in [0, 0.05) is 25.0 Å². The van der Waals surface area contributed by atoms with Crippen LogP contribution in [0.25, 0.3) is 0 Å². The number of rotatable bonds is 5. The van der Waals surface area contributed by atoms with Crippen molar-refractivity contribution < 1.29 is 4.79 Å². The SMILES string of the molecule is Cc1ncc2c(c1CNC(=O)c1cnc(CN3CCCC3)s1)CCNC2.